The van der Waals surface area contributed by atoms with Gasteiger partial charge in [0.15, 0.2) is 0 Å². The van der Waals surface area contributed by atoms with Crippen LogP contribution in [0.3, 0.4) is 0 Å². The zero-order chi connectivity index (χ0) is 15.1. The van der Waals surface area contributed by atoms with Crippen molar-refractivity contribution in [2.24, 2.45) is 0 Å². The van der Waals surface area contributed by atoms with Gasteiger partial charge in [0, 0.05) is 24.5 Å². The number of halogens is 2. The zero-order valence-corrected chi connectivity index (χ0v) is 10.4. The number of hydrogen-bond acceptors (Lipinski definition) is 6. The van der Waals surface area contributed by atoms with Crippen molar-refractivity contribution in [3.05, 3.63) is 68.0 Å². The molecule has 10 heteroatoms. The number of nitro groups is 2. The lowest BCUT2D eigenvalue weighted by Gasteiger charge is -1.90. The van der Waals surface area contributed by atoms with Crippen molar-refractivity contribution < 1.29 is 14.2 Å². The molecule has 2 aromatic rings. The van der Waals surface area contributed by atoms with Gasteiger partial charge in [-0.25, -0.2) is 4.98 Å². The number of nitrogens with zero attached hydrogens (tertiary/aromatic N) is 4. The number of pyridine rings is 2. The van der Waals surface area contributed by atoms with Crippen LogP contribution in [0.1, 0.15) is 0 Å². The van der Waals surface area contributed by atoms with Crippen molar-refractivity contribution in [2.45, 2.75) is 0 Å². The summed E-state index contributed by atoms with van der Waals surface area (Å²) in [6.45, 7) is 0. The average Bonchev–Trinajstić information content (AvgIpc) is 2.39. The van der Waals surface area contributed by atoms with Crippen LogP contribution in [0.4, 0.5) is 15.8 Å². The van der Waals surface area contributed by atoms with Crippen LogP contribution in [0.5, 0.6) is 0 Å². The molecule has 0 radical (unpaired) electrons. The lowest BCUT2D eigenvalue weighted by atomic mass is 10.4. The fourth-order valence-corrected chi connectivity index (χ4v) is 1.21. The van der Waals surface area contributed by atoms with Crippen molar-refractivity contribution in [3.63, 3.8) is 0 Å². The molecule has 0 bridgehead atoms. The molecule has 0 saturated carbocycles. The summed E-state index contributed by atoms with van der Waals surface area (Å²) in [7, 11) is 0. The molecular weight excluding hydrogens is 295 g/mol. The predicted octanol–water partition coefficient (Wildman–Crippen LogP) is 2.77. The standard InChI is InChI=1S/C5H3ClN2O2.C5H3FN2O2/c6-4-3-7-2-1-5(4)8(9)10;6-5-3-4(8(9)10)1-2-7-5/h2*1-3H. The SMILES string of the molecule is O=[N+]([O-])c1ccnc(F)c1.O=[N+]([O-])c1ccncc1Cl. The van der Waals surface area contributed by atoms with Gasteiger partial charge < -0.3 is 0 Å². The van der Waals surface area contributed by atoms with Gasteiger partial charge in [-0.2, -0.15) is 4.39 Å². The molecule has 0 spiro atoms. The second-order valence-corrected chi connectivity index (χ2v) is 3.59. The van der Waals surface area contributed by atoms with E-state index in [1.807, 2.05) is 0 Å². The minimum absolute atomic E-state index is 0.0625. The molecule has 0 fully saturated rings. The van der Waals surface area contributed by atoms with Crippen molar-refractivity contribution in [3.8, 4) is 0 Å². The van der Waals surface area contributed by atoms with E-state index in [1.54, 1.807) is 0 Å². The normalized spacial score (nSPS) is 9.30. The maximum atomic E-state index is 12.1. The van der Waals surface area contributed by atoms with Gasteiger partial charge in [0.05, 0.1) is 22.1 Å². The summed E-state index contributed by atoms with van der Waals surface area (Å²) in [5, 5.41) is 20.1. The second-order valence-electron chi connectivity index (χ2n) is 3.18. The Kier molecular flexibility index (Phi) is 5.42. The highest BCUT2D eigenvalue weighted by Crippen LogP contribution is 2.20. The lowest BCUT2D eigenvalue weighted by Crippen LogP contribution is -1.89. The summed E-state index contributed by atoms with van der Waals surface area (Å²) in [6, 6.07) is 3.14. The summed E-state index contributed by atoms with van der Waals surface area (Å²) in [4.78, 5) is 25.6. The quantitative estimate of drug-likeness (QED) is 0.479. The molecule has 0 amide bonds. The van der Waals surface area contributed by atoms with Gasteiger partial charge in [0.1, 0.15) is 5.02 Å². The van der Waals surface area contributed by atoms with Gasteiger partial charge >= 0.3 is 0 Å². The molecule has 0 aliphatic heterocycles. The van der Waals surface area contributed by atoms with Crippen LogP contribution in [0.2, 0.25) is 5.02 Å². The van der Waals surface area contributed by atoms with Gasteiger partial charge in [-0.1, -0.05) is 11.6 Å². The Balaban J connectivity index is 0.000000200. The van der Waals surface area contributed by atoms with E-state index < -0.39 is 15.8 Å². The number of rotatable bonds is 2. The molecule has 0 aliphatic rings. The van der Waals surface area contributed by atoms with Crippen LogP contribution in [-0.4, -0.2) is 19.8 Å². The van der Waals surface area contributed by atoms with Crippen molar-refractivity contribution in [1.82, 2.24) is 9.97 Å². The first-order valence-corrected chi connectivity index (χ1v) is 5.29. The third-order valence-corrected chi connectivity index (χ3v) is 2.16. The molecule has 0 saturated heterocycles. The maximum absolute atomic E-state index is 12.1. The van der Waals surface area contributed by atoms with Crippen LogP contribution in [0.15, 0.2) is 36.8 Å². The van der Waals surface area contributed by atoms with E-state index in [0.717, 1.165) is 18.3 Å². The Morgan fingerprint density at radius 1 is 1.15 bits per heavy atom. The highest BCUT2D eigenvalue weighted by atomic mass is 35.5. The summed E-state index contributed by atoms with van der Waals surface area (Å²) >= 11 is 5.42. The fourth-order valence-electron chi connectivity index (χ4n) is 1.02. The van der Waals surface area contributed by atoms with Gasteiger partial charge in [-0.05, 0) is 0 Å². The molecule has 8 nitrogen and oxygen atoms in total. The molecular formula is C10H6ClFN4O4. The zero-order valence-electron chi connectivity index (χ0n) is 9.64. The van der Waals surface area contributed by atoms with E-state index in [4.69, 9.17) is 11.6 Å². The maximum Gasteiger partial charge on any atom is 0.290 e. The van der Waals surface area contributed by atoms with E-state index >= 15 is 0 Å². The van der Waals surface area contributed by atoms with Crippen molar-refractivity contribution in [1.29, 1.82) is 0 Å². The lowest BCUT2D eigenvalue weighted by molar-refractivity contribution is -0.385. The Morgan fingerprint density at radius 2 is 1.85 bits per heavy atom. The van der Waals surface area contributed by atoms with Crippen LogP contribution < -0.4 is 0 Å². The topological polar surface area (TPSA) is 112 Å². The third-order valence-electron chi connectivity index (χ3n) is 1.87. The second kappa shape index (κ2) is 7.04. The molecule has 2 aromatic heterocycles. The molecule has 0 atom stereocenters. The van der Waals surface area contributed by atoms with E-state index in [2.05, 4.69) is 9.97 Å². The van der Waals surface area contributed by atoms with Crippen molar-refractivity contribution >= 4 is 23.0 Å². The predicted molar refractivity (Wildman–Crippen MR) is 66.8 cm³/mol. The van der Waals surface area contributed by atoms with Crippen LogP contribution in [0.25, 0.3) is 0 Å². The first-order valence-electron chi connectivity index (χ1n) is 4.91. The molecule has 0 N–H and O–H groups in total. The van der Waals surface area contributed by atoms with Crippen molar-refractivity contribution in [2.75, 3.05) is 0 Å². The van der Waals surface area contributed by atoms with E-state index in [1.165, 1.54) is 18.5 Å². The Labute approximate surface area is 116 Å². The highest BCUT2D eigenvalue weighted by molar-refractivity contribution is 6.32. The van der Waals surface area contributed by atoms with Crippen LogP contribution in [0, 0.1) is 26.2 Å². The summed E-state index contributed by atoms with van der Waals surface area (Å²) in [6.07, 6.45) is 3.61. The third kappa shape index (κ3) is 4.53. The van der Waals surface area contributed by atoms with Gasteiger partial charge in [-0.15, -0.1) is 0 Å². The smallest absolute Gasteiger partial charge is 0.263 e. The molecule has 2 heterocycles. The molecule has 2 rings (SSSR count). The molecule has 20 heavy (non-hydrogen) atoms. The molecule has 104 valence electrons. The monoisotopic (exact) mass is 300 g/mol. The number of hydrogen-bond donors (Lipinski definition) is 0. The van der Waals surface area contributed by atoms with Crippen LogP contribution >= 0.6 is 11.6 Å². The summed E-state index contributed by atoms with van der Waals surface area (Å²) in [5.74, 6) is -0.839. The van der Waals surface area contributed by atoms with Crippen LogP contribution in [-0.2, 0) is 0 Å². The van der Waals surface area contributed by atoms with Gasteiger partial charge in [-0.3, -0.25) is 25.2 Å². The largest absolute Gasteiger partial charge is 0.290 e. The highest BCUT2D eigenvalue weighted by Gasteiger charge is 2.09. The fraction of sp³-hybridized carbons (Fsp3) is 0. The Morgan fingerprint density at radius 3 is 2.25 bits per heavy atom. The first kappa shape index (κ1) is 15.4. The molecule has 0 aliphatic carbocycles. The summed E-state index contributed by atoms with van der Waals surface area (Å²) in [5.41, 5.74) is -0.399. The molecule has 0 unspecified atom stereocenters. The van der Waals surface area contributed by atoms with Gasteiger partial charge in [0.25, 0.3) is 11.4 Å². The van der Waals surface area contributed by atoms with E-state index in [9.17, 15) is 24.6 Å². The summed E-state index contributed by atoms with van der Waals surface area (Å²) < 4.78 is 12.1. The van der Waals surface area contributed by atoms with E-state index in [0.29, 0.717) is 0 Å². The van der Waals surface area contributed by atoms with Gasteiger partial charge in [0.2, 0.25) is 5.95 Å². The minimum atomic E-state index is -0.839. The van der Waals surface area contributed by atoms with E-state index in [-0.39, 0.29) is 16.4 Å². The average molecular weight is 301 g/mol. The number of aromatic nitrogens is 2. The minimum Gasteiger partial charge on any atom is -0.263 e. The molecule has 0 aromatic carbocycles. The Hall–Kier alpha value is -2.68. The first-order chi connectivity index (χ1) is 9.41. The Bertz CT molecular complexity index is 640.